The lowest BCUT2D eigenvalue weighted by Gasteiger charge is -2.36. The molecule has 10 heteroatoms. The fourth-order valence-corrected chi connectivity index (χ4v) is 6.00. The molecule has 2 aliphatic rings. The van der Waals surface area contributed by atoms with Gasteiger partial charge in [0.25, 0.3) is 0 Å². The van der Waals surface area contributed by atoms with Gasteiger partial charge < -0.3 is 19.3 Å². The Hall–Kier alpha value is -4.96. The fourth-order valence-electron chi connectivity index (χ4n) is 6.00. The summed E-state index contributed by atoms with van der Waals surface area (Å²) in [5.41, 5.74) is 5.72. The molecule has 1 saturated heterocycles. The first-order valence-corrected chi connectivity index (χ1v) is 17.1. The van der Waals surface area contributed by atoms with E-state index < -0.39 is 0 Å². The topological polar surface area (TPSA) is 91.3 Å². The van der Waals surface area contributed by atoms with Gasteiger partial charge in [-0.05, 0) is 35.9 Å². The van der Waals surface area contributed by atoms with Crippen molar-refractivity contribution in [3.63, 3.8) is 0 Å². The summed E-state index contributed by atoms with van der Waals surface area (Å²) in [5.74, 6) is 2.63. The minimum atomic E-state index is -0.209. The summed E-state index contributed by atoms with van der Waals surface area (Å²) >= 11 is 0. The number of amides is 2. The highest BCUT2D eigenvalue weighted by Crippen LogP contribution is 2.35. The van der Waals surface area contributed by atoms with Crippen molar-refractivity contribution in [3.8, 4) is 11.5 Å². The SMILES string of the molecule is CC.CCC(=O)Cc1ccc(CN2C(=O)N(c3cc(OC)cc(OC)c3)Cc3cnc(Cc4ccc(N5CCN(C)CC5)cc4)nc32)cc1. The van der Waals surface area contributed by atoms with E-state index in [1.54, 1.807) is 30.1 Å². The van der Waals surface area contributed by atoms with Gasteiger partial charge in [0.2, 0.25) is 0 Å². The number of carbonyl (C=O) groups excluding carboxylic acids is 2. The maximum Gasteiger partial charge on any atom is 0.330 e. The summed E-state index contributed by atoms with van der Waals surface area (Å²) in [5, 5.41) is 0. The molecular weight excluding hydrogens is 616 g/mol. The molecule has 6 rings (SSSR count). The van der Waals surface area contributed by atoms with Crippen molar-refractivity contribution < 1.29 is 19.1 Å². The Kier molecular flexibility index (Phi) is 11.9. The highest BCUT2D eigenvalue weighted by atomic mass is 16.5. The van der Waals surface area contributed by atoms with E-state index in [0.29, 0.717) is 61.2 Å². The van der Waals surface area contributed by atoms with E-state index in [1.165, 1.54) is 5.69 Å². The van der Waals surface area contributed by atoms with E-state index in [2.05, 4.69) is 41.1 Å². The predicted molar refractivity (Wildman–Crippen MR) is 195 cm³/mol. The first-order valence-electron chi connectivity index (χ1n) is 17.1. The molecular formula is C39H48N6O4. The number of Topliss-reactive ketones (excluding diaryl/α,β-unsaturated/α-hetero) is 1. The van der Waals surface area contributed by atoms with Crippen molar-refractivity contribution in [2.24, 2.45) is 0 Å². The van der Waals surface area contributed by atoms with Gasteiger partial charge in [-0.2, -0.15) is 0 Å². The molecule has 0 aliphatic carbocycles. The van der Waals surface area contributed by atoms with E-state index in [1.807, 2.05) is 63.4 Å². The van der Waals surface area contributed by atoms with E-state index in [0.717, 1.165) is 48.4 Å². The number of hydrogen-bond donors (Lipinski definition) is 0. The molecule has 3 aromatic carbocycles. The largest absolute Gasteiger partial charge is 0.497 e. The Bertz CT molecular complexity index is 1700. The third kappa shape index (κ3) is 8.56. The number of carbonyl (C=O) groups is 2. The third-order valence-electron chi connectivity index (χ3n) is 8.91. The molecule has 2 aliphatic heterocycles. The van der Waals surface area contributed by atoms with E-state index in [4.69, 9.17) is 19.4 Å². The number of anilines is 3. The lowest BCUT2D eigenvalue weighted by atomic mass is 10.0. The summed E-state index contributed by atoms with van der Waals surface area (Å²) in [6.45, 7) is 10.6. The minimum Gasteiger partial charge on any atom is -0.497 e. The second kappa shape index (κ2) is 16.4. The van der Waals surface area contributed by atoms with Crippen LogP contribution in [-0.2, 0) is 30.7 Å². The van der Waals surface area contributed by atoms with Crippen molar-refractivity contribution in [1.82, 2.24) is 14.9 Å². The maximum absolute atomic E-state index is 14.3. The number of fused-ring (bicyclic) bond motifs is 1. The smallest absolute Gasteiger partial charge is 0.330 e. The van der Waals surface area contributed by atoms with Crippen LogP contribution < -0.4 is 24.2 Å². The summed E-state index contributed by atoms with van der Waals surface area (Å²) in [6.07, 6.45) is 3.30. The highest BCUT2D eigenvalue weighted by Gasteiger charge is 2.34. The molecule has 0 spiro atoms. The van der Waals surface area contributed by atoms with E-state index >= 15 is 0 Å². The second-order valence-electron chi connectivity index (χ2n) is 12.2. The van der Waals surface area contributed by atoms with Gasteiger partial charge in [-0.25, -0.2) is 14.8 Å². The molecule has 258 valence electrons. The van der Waals surface area contributed by atoms with Gasteiger partial charge in [-0.15, -0.1) is 0 Å². The molecule has 3 heterocycles. The monoisotopic (exact) mass is 664 g/mol. The van der Waals surface area contributed by atoms with Crippen LogP contribution in [0.2, 0.25) is 0 Å². The zero-order valence-corrected chi connectivity index (χ0v) is 29.6. The Labute approximate surface area is 290 Å². The molecule has 49 heavy (non-hydrogen) atoms. The van der Waals surface area contributed by atoms with Crippen LogP contribution in [0.1, 0.15) is 55.3 Å². The van der Waals surface area contributed by atoms with Crippen LogP contribution in [-0.4, -0.2) is 74.1 Å². The van der Waals surface area contributed by atoms with Crippen LogP contribution in [0.5, 0.6) is 11.5 Å². The van der Waals surface area contributed by atoms with Crippen LogP contribution >= 0.6 is 0 Å². The number of hydrogen-bond acceptors (Lipinski definition) is 8. The number of methoxy groups -OCH3 is 2. The first kappa shape index (κ1) is 35.3. The average Bonchev–Trinajstić information content (AvgIpc) is 3.14. The molecule has 0 N–H and O–H groups in total. The molecule has 0 unspecified atom stereocenters. The standard InChI is InChI=1S/C37H42N6O4.C2H6/c1-5-32(44)18-26-6-8-28(9-7-26)24-43-36-29(25-42(37(43)45)31-20-33(46-3)22-34(21-31)47-4)23-38-35(39-36)19-27-10-12-30(13-11-27)41-16-14-40(2)15-17-41;1-2/h6-13,20-23H,5,14-19,24-25H2,1-4H3;1-2H3. The van der Waals surface area contributed by atoms with Gasteiger partial charge in [-0.1, -0.05) is 57.2 Å². The van der Waals surface area contributed by atoms with Gasteiger partial charge in [0.1, 0.15) is 28.9 Å². The van der Waals surface area contributed by atoms with Gasteiger partial charge in [0.15, 0.2) is 0 Å². The van der Waals surface area contributed by atoms with Gasteiger partial charge in [0, 0.05) is 81.1 Å². The normalized spacial score (nSPS) is 14.6. The summed E-state index contributed by atoms with van der Waals surface area (Å²) < 4.78 is 11.0. The van der Waals surface area contributed by atoms with Crippen molar-refractivity contribution in [2.45, 2.75) is 53.1 Å². The first-order chi connectivity index (χ1) is 23.8. The Morgan fingerprint density at radius 2 is 1.43 bits per heavy atom. The quantitative estimate of drug-likeness (QED) is 0.179. The van der Waals surface area contributed by atoms with E-state index in [9.17, 15) is 9.59 Å². The summed E-state index contributed by atoms with van der Waals surface area (Å²) in [7, 11) is 5.34. The van der Waals surface area contributed by atoms with Gasteiger partial charge in [0.05, 0.1) is 33.0 Å². The predicted octanol–water partition coefficient (Wildman–Crippen LogP) is 6.53. The zero-order chi connectivity index (χ0) is 34.9. The molecule has 0 bridgehead atoms. The van der Waals surface area contributed by atoms with Crippen LogP contribution in [0.15, 0.2) is 72.9 Å². The molecule has 1 aromatic heterocycles. The maximum atomic E-state index is 14.3. The van der Waals surface area contributed by atoms with Crippen molar-refractivity contribution in [3.05, 3.63) is 101 Å². The van der Waals surface area contributed by atoms with Gasteiger partial charge >= 0.3 is 6.03 Å². The molecule has 0 atom stereocenters. The Morgan fingerprint density at radius 3 is 2.04 bits per heavy atom. The van der Waals surface area contributed by atoms with Crippen LogP contribution in [0.4, 0.5) is 22.0 Å². The van der Waals surface area contributed by atoms with Gasteiger partial charge in [-0.3, -0.25) is 14.6 Å². The average molecular weight is 665 g/mol. The van der Waals surface area contributed by atoms with Crippen molar-refractivity contribution in [1.29, 1.82) is 0 Å². The summed E-state index contributed by atoms with van der Waals surface area (Å²) in [4.78, 5) is 44.2. The van der Waals surface area contributed by atoms with Crippen LogP contribution in [0.25, 0.3) is 0 Å². The second-order valence-corrected chi connectivity index (χ2v) is 12.2. The molecule has 4 aromatic rings. The molecule has 1 fully saturated rings. The third-order valence-corrected chi connectivity index (χ3v) is 8.91. The number of benzene rings is 3. The number of ether oxygens (including phenoxy) is 2. The molecule has 2 amide bonds. The number of urea groups is 1. The Morgan fingerprint density at radius 1 is 0.816 bits per heavy atom. The molecule has 0 saturated carbocycles. The fraction of sp³-hybridized carbons (Fsp3) is 0.385. The number of piperazine rings is 1. The summed E-state index contributed by atoms with van der Waals surface area (Å²) in [6, 6.07) is 21.7. The van der Waals surface area contributed by atoms with Crippen LogP contribution in [0, 0.1) is 0 Å². The molecule has 10 nitrogen and oxygen atoms in total. The number of nitrogens with zero attached hydrogens (tertiary/aromatic N) is 6. The van der Waals surface area contributed by atoms with E-state index in [-0.39, 0.29) is 11.8 Å². The number of rotatable bonds is 11. The minimum absolute atomic E-state index is 0.195. The van der Waals surface area contributed by atoms with Crippen molar-refractivity contribution in [2.75, 3.05) is 62.1 Å². The lowest BCUT2D eigenvalue weighted by molar-refractivity contribution is -0.118. The van der Waals surface area contributed by atoms with Crippen LogP contribution in [0.3, 0.4) is 0 Å². The highest BCUT2D eigenvalue weighted by molar-refractivity contribution is 6.05. The zero-order valence-electron chi connectivity index (χ0n) is 29.6. The number of likely N-dealkylation sites (N-methyl/N-ethyl adjacent to an activating group) is 1. The van der Waals surface area contributed by atoms with Crippen molar-refractivity contribution >= 4 is 29.0 Å². The number of ketones is 1. The Balaban J connectivity index is 0.00000230. The molecule has 0 radical (unpaired) electrons. The number of aromatic nitrogens is 2. The lowest BCUT2D eigenvalue weighted by Crippen LogP contribution is -2.47.